The number of nitrogens with one attached hydrogen (secondary N) is 7. The summed E-state index contributed by atoms with van der Waals surface area (Å²) in [5.41, 5.74) is 11.7. The third-order valence-corrected chi connectivity index (χ3v) is 10.4. The number of carboxylic acids is 3. The lowest BCUT2D eigenvalue weighted by Crippen LogP contribution is -2.49. The minimum absolute atomic E-state index is 0.00441. The molecule has 0 aliphatic heterocycles. The molecule has 0 fully saturated rings. The number of aromatic nitrogens is 4. The van der Waals surface area contributed by atoms with Crippen LogP contribution in [-0.2, 0) is 40.1 Å². The maximum Gasteiger partial charge on any atom is 0.326 e. The summed E-state index contributed by atoms with van der Waals surface area (Å²) in [5, 5.41) is 42.6. The molecule has 26 heteroatoms. The summed E-state index contributed by atoms with van der Waals surface area (Å²) in [4.78, 5) is 122. The molecule has 24 nitrogen and oxygen atoms in total. The van der Waals surface area contributed by atoms with Crippen LogP contribution >= 0.6 is 21.6 Å². The smallest absolute Gasteiger partial charge is 0.326 e. The molecule has 3 aromatic rings. The number of anilines is 2. The number of aliphatic carboxylic acids is 3. The van der Waals surface area contributed by atoms with Crippen LogP contribution in [0.2, 0.25) is 0 Å². The Balaban J connectivity index is 1.32. The Morgan fingerprint density at radius 1 is 0.783 bits per heavy atom. The van der Waals surface area contributed by atoms with Gasteiger partial charge in [-0.05, 0) is 37.1 Å². The van der Waals surface area contributed by atoms with Crippen LogP contribution in [0.3, 0.4) is 0 Å². The van der Waals surface area contributed by atoms with Gasteiger partial charge in [0.1, 0.15) is 24.7 Å². The van der Waals surface area contributed by atoms with Gasteiger partial charge < -0.3 is 58.7 Å². The van der Waals surface area contributed by atoms with Crippen LogP contribution in [-0.4, -0.2) is 132 Å². The molecule has 2 aromatic heterocycles. The van der Waals surface area contributed by atoms with Crippen molar-refractivity contribution in [2.45, 2.75) is 56.8 Å². The number of rotatable bonds is 26. The van der Waals surface area contributed by atoms with Gasteiger partial charge in [0.15, 0.2) is 11.2 Å². The first-order valence-electron chi connectivity index (χ1n) is 18.0. The minimum atomic E-state index is -1.37. The van der Waals surface area contributed by atoms with Gasteiger partial charge in [-0.2, -0.15) is 4.98 Å². The first-order valence-corrected chi connectivity index (χ1v) is 20.4. The largest absolute Gasteiger partial charge is 0.480 e. The number of nitrogen functional groups attached to an aromatic ring is 1. The van der Waals surface area contributed by atoms with Crippen LogP contribution in [0.15, 0.2) is 35.3 Å². The van der Waals surface area contributed by atoms with Gasteiger partial charge in [0, 0.05) is 55.1 Å². The molecule has 2 heterocycles. The molecule has 324 valence electrons. The van der Waals surface area contributed by atoms with E-state index in [-0.39, 0.29) is 91.8 Å². The highest BCUT2D eigenvalue weighted by atomic mass is 33.1. The molecular weight excluding hydrogens is 833 g/mol. The molecule has 0 unspecified atom stereocenters. The number of hydrogen-bond acceptors (Lipinski definition) is 17. The van der Waals surface area contributed by atoms with Crippen molar-refractivity contribution in [3.05, 3.63) is 52.1 Å². The number of aromatic amines is 1. The summed E-state index contributed by atoms with van der Waals surface area (Å²) in [6, 6.07) is 2.32. The summed E-state index contributed by atoms with van der Waals surface area (Å²) in [5.74, 6) is -6.67. The summed E-state index contributed by atoms with van der Waals surface area (Å²) in [6.45, 7) is -0.391. The van der Waals surface area contributed by atoms with Crippen molar-refractivity contribution in [1.29, 1.82) is 0 Å². The average molecular weight is 877 g/mol. The Morgan fingerprint density at radius 2 is 1.45 bits per heavy atom. The van der Waals surface area contributed by atoms with Gasteiger partial charge in [0.25, 0.3) is 11.5 Å². The second-order valence-electron chi connectivity index (χ2n) is 12.6. The number of carbonyl (C=O) groups excluding carboxylic acids is 5. The number of carbonyl (C=O) groups is 8. The Kier molecular flexibility index (Phi) is 19.4. The molecule has 3 atom stereocenters. The molecule has 5 amide bonds. The van der Waals surface area contributed by atoms with Crippen LogP contribution in [0, 0.1) is 0 Å². The van der Waals surface area contributed by atoms with Gasteiger partial charge in [-0.15, -0.1) is 0 Å². The zero-order chi connectivity index (χ0) is 44.2. The van der Waals surface area contributed by atoms with E-state index in [0.29, 0.717) is 11.4 Å². The van der Waals surface area contributed by atoms with Crippen LogP contribution in [0.25, 0.3) is 11.2 Å². The topological polar surface area (TPSA) is 393 Å². The summed E-state index contributed by atoms with van der Waals surface area (Å²) in [6.07, 6.45) is 0.583. The number of hydrogen-bond donors (Lipinski definition) is 12. The lowest BCUT2D eigenvalue weighted by atomic mass is 10.1. The highest BCUT2D eigenvalue weighted by Crippen LogP contribution is 2.23. The van der Waals surface area contributed by atoms with Crippen LogP contribution in [0.5, 0.6) is 0 Å². The van der Waals surface area contributed by atoms with E-state index in [1.54, 1.807) is 12.1 Å². The van der Waals surface area contributed by atoms with E-state index in [1.165, 1.54) is 29.1 Å². The Bertz CT molecular complexity index is 2090. The Hall–Kier alpha value is -6.54. The van der Waals surface area contributed by atoms with Crippen molar-refractivity contribution < 1.29 is 53.7 Å². The second kappa shape index (κ2) is 24.4. The summed E-state index contributed by atoms with van der Waals surface area (Å²) in [7, 11) is 2.34. The number of amides is 5. The molecular formula is C34H44N12O12S2. The fourth-order valence-corrected chi connectivity index (χ4v) is 6.95. The van der Waals surface area contributed by atoms with Gasteiger partial charge in [-0.1, -0.05) is 21.6 Å². The van der Waals surface area contributed by atoms with E-state index >= 15 is 0 Å². The molecule has 0 saturated heterocycles. The van der Waals surface area contributed by atoms with E-state index in [0.717, 1.165) is 10.8 Å². The maximum absolute atomic E-state index is 12.8. The van der Waals surface area contributed by atoms with Gasteiger partial charge in [-0.25, -0.2) is 14.8 Å². The van der Waals surface area contributed by atoms with Crippen LogP contribution in [0.1, 0.15) is 48.2 Å². The first-order chi connectivity index (χ1) is 28.5. The number of nitrogens with two attached hydrogens (primary N) is 2. The number of fused-ring (bicyclic) bond motifs is 1. The number of benzene rings is 1. The molecule has 0 saturated carbocycles. The van der Waals surface area contributed by atoms with Crippen molar-refractivity contribution in [2.24, 2.45) is 5.73 Å². The SMILES string of the molecule is Nc1nc2ncc(CNc3ccc(C(=O)N[C@@H](CCC(=O)NCCNC(=O)CCSSC[C@H](NC(=O)CC[C@H](N)C(=O)O)C(=O)NCC(=O)O)C(=O)O)cc3)nc2c(=O)[nH]1. The molecule has 0 aliphatic carbocycles. The Morgan fingerprint density at radius 3 is 2.10 bits per heavy atom. The third-order valence-electron chi connectivity index (χ3n) is 7.94. The van der Waals surface area contributed by atoms with Crippen molar-refractivity contribution >= 4 is 91.8 Å². The van der Waals surface area contributed by atoms with Gasteiger partial charge in [0.2, 0.25) is 29.6 Å². The monoisotopic (exact) mass is 876 g/mol. The molecule has 0 radical (unpaired) electrons. The first kappa shape index (κ1) is 47.8. The average Bonchev–Trinajstić information content (AvgIpc) is 3.20. The molecule has 14 N–H and O–H groups in total. The fourth-order valence-electron chi connectivity index (χ4n) is 4.80. The summed E-state index contributed by atoms with van der Waals surface area (Å²) >= 11 is 0. The number of carboxylic acid groups (broad SMARTS) is 3. The van der Waals surface area contributed by atoms with E-state index < -0.39 is 71.8 Å². The molecule has 1 aromatic carbocycles. The van der Waals surface area contributed by atoms with Gasteiger partial charge >= 0.3 is 17.9 Å². The minimum Gasteiger partial charge on any atom is -0.480 e. The zero-order valence-corrected chi connectivity index (χ0v) is 33.4. The van der Waals surface area contributed by atoms with Gasteiger partial charge in [0.05, 0.1) is 18.4 Å². The van der Waals surface area contributed by atoms with E-state index in [4.69, 9.17) is 21.7 Å². The van der Waals surface area contributed by atoms with Crippen LogP contribution < -0.4 is 48.9 Å². The predicted octanol–water partition coefficient (Wildman–Crippen LogP) is -2.25. The van der Waals surface area contributed by atoms with Crippen molar-refractivity contribution in [3.63, 3.8) is 0 Å². The standard InChI is InChI=1S/C34H44N12O12S2/c35-20(32(55)56)5-7-25(49)43-22(30(53)41-15-26(50)51)16-60-59-12-9-24(48)38-11-10-37-23(47)8-6-21(33(57)58)44-29(52)17-1-3-18(4-2-17)39-13-19-14-40-28-27(42-19)31(54)46-34(36)45-28/h1-4,14,20-22,39H,5-13,15-16,35H2,(H,37,47)(H,38,48)(H,41,53)(H,43,49)(H,44,52)(H,50,51)(H,55,56)(H,57,58)(H3,36,40,45,46,54)/t20-,21-,22-/m0/s1. The fraction of sp³-hybridized carbons (Fsp3) is 0.412. The quantitative estimate of drug-likeness (QED) is 0.0299. The van der Waals surface area contributed by atoms with E-state index in [2.05, 4.69) is 51.8 Å². The molecule has 3 rings (SSSR count). The lowest BCUT2D eigenvalue weighted by molar-refractivity contribution is -0.140. The maximum atomic E-state index is 12.8. The second-order valence-corrected chi connectivity index (χ2v) is 15.2. The van der Waals surface area contributed by atoms with Crippen LogP contribution in [0.4, 0.5) is 11.6 Å². The zero-order valence-electron chi connectivity index (χ0n) is 31.7. The van der Waals surface area contributed by atoms with E-state index in [9.17, 15) is 48.3 Å². The molecule has 0 aliphatic rings. The normalized spacial score (nSPS) is 12.3. The highest BCUT2D eigenvalue weighted by Gasteiger charge is 2.24. The molecule has 0 bridgehead atoms. The predicted molar refractivity (Wildman–Crippen MR) is 217 cm³/mol. The Labute approximate surface area is 348 Å². The third kappa shape index (κ3) is 17.1. The van der Waals surface area contributed by atoms with E-state index in [1.807, 2.05) is 0 Å². The summed E-state index contributed by atoms with van der Waals surface area (Å²) < 4.78 is 0. The van der Waals surface area contributed by atoms with Crippen molar-refractivity contribution in [1.82, 2.24) is 46.5 Å². The molecule has 60 heavy (non-hydrogen) atoms. The lowest BCUT2D eigenvalue weighted by Gasteiger charge is -2.18. The number of H-pyrrole nitrogens is 1. The number of nitrogens with zero attached hydrogens (tertiary/aromatic N) is 3. The van der Waals surface area contributed by atoms with Gasteiger partial charge in [-0.3, -0.25) is 43.3 Å². The van der Waals surface area contributed by atoms with Crippen molar-refractivity contribution in [2.75, 3.05) is 42.2 Å². The highest BCUT2D eigenvalue weighted by molar-refractivity contribution is 8.76. The van der Waals surface area contributed by atoms with Crippen molar-refractivity contribution in [3.8, 4) is 0 Å². The molecule has 0 spiro atoms.